The van der Waals surface area contributed by atoms with Gasteiger partial charge in [-0.05, 0) is 57.9 Å². The Morgan fingerprint density at radius 1 is 0.643 bits per heavy atom. The van der Waals surface area contributed by atoms with Crippen molar-refractivity contribution in [2.45, 2.75) is 56.8 Å². The van der Waals surface area contributed by atoms with E-state index < -0.39 is 0 Å². The molecule has 3 aromatic rings. The highest BCUT2D eigenvalue weighted by molar-refractivity contribution is 6.34. The van der Waals surface area contributed by atoms with Crippen molar-refractivity contribution >= 4 is 11.6 Å². The second-order valence-electron chi connectivity index (χ2n) is 9.39. The fourth-order valence-corrected chi connectivity index (χ4v) is 6.73. The largest absolute Gasteiger partial charge is 0.0837 e. The summed E-state index contributed by atoms with van der Waals surface area (Å²) < 4.78 is 0. The third-order valence-corrected chi connectivity index (χ3v) is 8.07. The van der Waals surface area contributed by atoms with Gasteiger partial charge in [0.05, 0.1) is 0 Å². The normalized spacial score (nSPS) is 19.8. The molecule has 0 saturated heterocycles. The third-order valence-electron chi connectivity index (χ3n) is 7.75. The highest BCUT2D eigenvalue weighted by Gasteiger charge is 2.47. The van der Waals surface area contributed by atoms with Gasteiger partial charge >= 0.3 is 0 Å². The van der Waals surface area contributed by atoms with Crippen molar-refractivity contribution in [1.29, 1.82) is 0 Å². The van der Waals surface area contributed by atoms with Crippen molar-refractivity contribution in [3.63, 3.8) is 0 Å². The van der Waals surface area contributed by atoms with Crippen LogP contribution >= 0.6 is 11.6 Å². The van der Waals surface area contributed by atoms with Gasteiger partial charge in [-0.1, -0.05) is 93.2 Å². The standard InChI is InChI=1S/C27H25Cl/c1-26(2)19-11-8-12-22(28)24(19)25-20(26)13-14-21-23(25)17-9-4-5-10-18(17)27(21)15-6-3-7-16-27/h4-5,8-14H,3,6-7,15-16H2,1-2H3. The van der Waals surface area contributed by atoms with Gasteiger partial charge in [0.1, 0.15) is 0 Å². The van der Waals surface area contributed by atoms with Crippen LogP contribution in [0.2, 0.25) is 5.02 Å². The van der Waals surface area contributed by atoms with Gasteiger partial charge in [-0.2, -0.15) is 0 Å². The summed E-state index contributed by atoms with van der Waals surface area (Å²) in [6.07, 6.45) is 6.57. The van der Waals surface area contributed by atoms with Crippen LogP contribution in [0.5, 0.6) is 0 Å². The van der Waals surface area contributed by atoms with Crippen LogP contribution in [0.3, 0.4) is 0 Å². The van der Waals surface area contributed by atoms with Gasteiger partial charge in [0.25, 0.3) is 0 Å². The molecule has 0 aromatic heterocycles. The summed E-state index contributed by atoms with van der Waals surface area (Å²) >= 11 is 6.83. The molecule has 0 amide bonds. The zero-order chi connectivity index (χ0) is 19.1. The maximum absolute atomic E-state index is 6.83. The molecule has 1 heteroatoms. The zero-order valence-corrected chi connectivity index (χ0v) is 17.4. The second-order valence-corrected chi connectivity index (χ2v) is 9.79. The smallest absolute Gasteiger partial charge is 0.0487 e. The lowest BCUT2D eigenvalue weighted by atomic mass is 9.67. The maximum Gasteiger partial charge on any atom is 0.0487 e. The predicted octanol–water partition coefficient (Wildman–Crippen LogP) is 7.88. The molecule has 140 valence electrons. The lowest BCUT2D eigenvalue weighted by molar-refractivity contribution is 0.353. The van der Waals surface area contributed by atoms with Gasteiger partial charge in [-0.25, -0.2) is 0 Å². The molecule has 0 atom stereocenters. The highest BCUT2D eigenvalue weighted by Crippen LogP contribution is 2.62. The minimum absolute atomic E-state index is 0.0120. The van der Waals surface area contributed by atoms with Crippen LogP contribution in [-0.2, 0) is 10.8 Å². The Morgan fingerprint density at radius 3 is 2.14 bits per heavy atom. The molecule has 28 heavy (non-hydrogen) atoms. The molecule has 1 spiro atoms. The Morgan fingerprint density at radius 2 is 1.32 bits per heavy atom. The number of fused-ring (bicyclic) bond motifs is 9. The SMILES string of the molecule is CC1(C)c2cccc(Cl)c2-c2c1ccc1c2-c2ccccc2C12CCCCC2. The van der Waals surface area contributed by atoms with Crippen LogP contribution in [0, 0.1) is 0 Å². The first-order valence-corrected chi connectivity index (χ1v) is 11.0. The summed E-state index contributed by atoms with van der Waals surface area (Å²) in [4.78, 5) is 0. The van der Waals surface area contributed by atoms with Crippen LogP contribution in [0.1, 0.15) is 68.2 Å². The van der Waals surface area contributed by atoms with Crippen molar-refractivity contribution in [3.05, 3.63) is 81.9 Å². The van der Waals surface area contributed by atoms with Crippen molar-refractivity contribution in [1.82, 2.24) is 0 Å². The van der Waals surface area contributed by atoms with E-state index in [1.165, 1.54) is 65.5 Å². The van der Waals surface area contributed by atoms with E-state index in [9.17, 15) is 0 Å². The molecular weight excluding hydrogens is 360 g/mol. The third kappa shape index (κ3) is 1.88. The number of benzene rings is 3. The van der Waals surface area contributed by atoms with Crippen LogP contribution < -0.4 is 0 Å². The van der Waals surface area contributed by atoms with Crippen molar-refractivity contribution in [2.75, 3.05) is 0 Å². The molecule has 0 heterocycles. The summed E-state index contributed by atoms with van der Waals surface area (Å²) in [5.74, 6) is 0. The van der Waals surface area contributed by atoms with Gasteiger partial charge in [0, 0.05) is 21.4 Å². The lowest BCUT2D eigenvalue weighted by Crippen LogP contribution is -2.28. The average molecular weight is 385 g/mol. The molecule has 0 aliphatic heterocycles. The fraction of sp³-hybridized carbons (Fsp3) is 0.333. The first-order valence-electron chi connectivity index (χ1n) is 10.6. The van der Waals surface area contributed by atoms with Crippen LogP contribution in [0.15, 0.2) is 54.6 Å². The molecule has 1 fully saturated rings. The Balaban J connectivity index is 1.76. The Kier molecular flexibility index (Phi) is 3.32. The van der Waals surface area contributed by atoms with Crippen LogP contribution in [0.4, 0.5) is 0 Å². The molecule has 3 aliphatic rings. The van der Waals surface area contributed by atoms with Crippen molar-refractivity contribution in [3.8, 4) is 22.3 Å². The topological polar surface area (TPSA) is 0 Å². The Hall–Kier alpha value is -2.05. The van der Waals surface area contributed by atoms with E-state index in [0.717, 1.165) is 5.02 Å². The van der Waals surface area contributed by atoms with Gasteiger partial charge in [-0.3, -0.25) is 0 Å². The van der Waals surface area contributed by atoms with Crippen LogP contribution in [-0.4, -0.2) is 0 Å². The van der Waals surface area contributed by atoms with E-state index >= 15 is 0 Å². The highest BCUT2D eigenvalue weighted by atomic mass is 35.5. The minimum Gasteiger partial charge on any atom is -0.0837 e. The zero-order valence-electron chi connectivity index (χ0n) is 16.6. The first kappa shape index (κ1) is 16.9. The molecule has 0 N–H and O–H groups in total. The molecule has 0 radical (unpaired) electrons. The molecule has 0 nitrogen and oxygen atoms in total. The summed E-state index contributed by atoms with van der Waals surface area (Å²) in [6, 6.07) is 20.5. The first-order chi connectivity index (χ1) is 13.6. The molecule has 0 bridgehead atoms. The monoisotopic (exact) mass is 384 g/mol. The molecular formula is C27H25Cl. The lowest BCUT2D eigenvalue weighted by Gasteiger charge is -2.36. The number of hydrogen-bond donors (Lipinski definition) is 0. The van der Waals surface area contributed by atoms with Gasteiger partial charge in [-0.15, -0.1) is 0 Å². The number of rotatable bonds is 0. The molecule has 6 rings (SSSR count). The van der Waals surface area contributed by atoms with Gasteiger partial charge in [0.15, 0.2) is 0 Å². The number of halogens is 1. The quantitative estimate of drug-likeness (QED) is 0.369. The molecule has 3 aliphatic carbocycles. The van der Waals surface area contributed by atoms with E-state index in [1.807, 2.05) is 0 Å². The predicted molar refractivity (Wildman–Crippen MR) is 118 cm³/mol. The molecule has 0 unspecified atom stereocenters. The van der Waals surface area contributed by atoms with E-state index in [0.29, 0.717) is 0 Å². The summed E-state index contributed by atoms with van der Waals surface area (Å²) in [5, 5.41) is 0.889. The Labute approximate surface area is 172 Å². The van der Waals surface area contributed by atoms with Crippen molar-refractivity contribution < 1.29 is 0 Å². The minimum atomic E-state index is -0.0120. The average Bonchev–Trinajstić information content (AvgIpc) is 3.11. The van der Waals surface area contributed by atoms with Crippen LogP contribution in [0.25, 0.3) is 22.3 Å². The number of hydrogen-bond acceptors (Lipinski definition) is 0. The van der Waals surface area contributed by atoms with E-state index in [2.05, 4.69) is 68.4 Å². The molecule has 3 aromatic carbocycles. The maximum atomic E-state index is 6.83. The Bertz CT molecular complexity index is 1130. The summed E-state index contributed by atoms with van der Waals surface area (Å²) in [6.45, 7) is 4.69. The molecule has 1 saturated carbocycles. The van der Waals surface area contributed by atoms with E-state index in [1.54, 1.807) is 11.1 Å². The van der Waals surface area contributed by atoms with Gasteiger partial charge < -0.3 is 0 Å². The fourth-order valence-electron chi connectivity index (χ4n) is 6.46. The van der Waals surface area contributed by atoms with Crippen molar-refractivity contribution in [2.24, 2.45) is 0 Å². The van der Waals surface area contributed by atoms with E-state index in [-0.39, 0.29) is 10.8 Å². The second kappa shape index (κ2) is 5.51. The summed E-state index contributed by atoms with van der Waals surface area (Å²) in [5.41, 5.74) is 11.7. The summed E-state index contributed by atoms with van der Waals surface area (Å²) in [7, 11) is 0. The van der Waals surface area contributed by atoms with E-state index in [4.69, 9.17) is 11.6 Å². The van der Waals surface area contributed by atoms with Gasteiger partial charge in [0.2, 0.25) is 0 Å².